The SMILES string of the molecule is COc1ccc2c(Sc3ccccc3)c(C(=O)NCc3ccc(F)cc3)[nH]c2c1. The van der Waals surface area contributed by atoms with E-state index in [1.54, 1.807) is 19.2 Å². The van der Waals surface area contributed by atoms with Crippen molar-refractivity contribution in [2.24, 2.45) is 0 Å². The van der Waals surface area contributed by atoms with Crippen molar-refractivity contribution in [1.82, 2.24) is 10.3 Å². The first kappa shape index (κ1) is 19.1. The number of nitrogens with one attached hydrogen (secondary N) is 2. The van der Waals surface area contributed by atoms with E-state index in [0.717, 1.165) is 26.3 Å². The lowest BCUT2D eigenvalue weighted by Crippen LogP contribution is -2.23. The fraction of sp³-hybridized carbons (Fsp3) is 0.0870. The molecule has 0 radical (unpaired) electrons. The van der Waals surface area contributed by atoms with Gasteiger partial charge in [-0.05, 0) is 42.0 Å². The number of fused-ring (bicyclic) bond motifs is 1. The zero-order chi connectivity index (χ0) is 20.2. The molecular weight excluding hydrogens is 387 g/mol. The van der Waals surface area contributed by atoms with Gasteiger partial charge in [0.2, 0.25) is 0 Å². The number of rotatable bonds is 6. The van der Waals surface area contributed by atoms with Gasteiger partial charge in [-0.2, -0.15) is 0 Å². The van der Waals surface area contributed by atoms with Crippen molar-refractivity contribution in [2.75, 3.05) is 7.11 Å². The molecule has 4 aromatic rings. The zero-order valence-electron chi connectivity index (χ0n) is 15.7. The molecule has 4 nitrogen and oxygen atoms in total. The summed E-state index contributed by atoms with van der Waals surface area (Å²) in [6.45, 7) is 0.313. The van der Waals surface area contributed by atoms with Crippen LogP contribution in [0, 0.1) is 5.82 Å². The van der Waals surface area contributed by atoms with Crippen LogP contribution in [-0.2, 0) is 6.54 Å². The van der Waals surface area contributed by atoms with E-state index in [2.05, 4.69) is 10.3 Å². The molecule has 3 aromatic carbocycles. The lowest BCUT2D eigenvalue weighted by Gasteiger charge is -2.07. The van der Waals surface area contributed by atoms with Crippen LogP contribution in [-0.4, -0.2) is 18.0 Å². The van der Waals surface area contributed by atoms with Gasteiger partial charge in [-0.15, -0.1) is 0 Å². The summed E-state index contributed by atoms with van der Waals surface area (Å²) in [5.74, 6) is 0.197. The lowest BCUT2D eigenvalue weighted by molar-refractivity contribution is 0.0944. The standard InChI is InChI=1S/C23H19FN2O2S/c1-28-17-11-12-19-20(13-17)26-21(22(19)29-18-5-3-2-4-6-18)23(27)25-14-15-7-9-16(24)10-8-15/h2-13,26H,14H2,1H3,(H,25,27). The van der Waals surface area contributed by atoms with Gasteiger partial charge >= 0.3 is 0 Å². The first-order chi connectivity index (χ1) is 14.1. The Bertz CT molecular complexity index is 1140. The summed E-state index contributed by atoms with van der Waals surface area (Å²) in [5, 5.41) is 3.86. The van der Waals surface area contributed by atoms with Gasteiger partial charge in [0.05, 0.1) is 17.5 Å². The van der Waals surface area contributed by atoms with Crippen molar-refractivity contribution in [3.05, 3.63) is 89.9 Å². The van der Waals surface area contributed by atoms with Gasteiger partial charge in [-0.1, -0.05) is 42.1 Å². The number of ether oxygens (including phenoxy) is 1. The van der Waals surface area contributed by atoms with Crippen LogP contribution in [0.25, 0.3) is 10.9 Å². The molecule has 0 aliphatic carbocycles. The number of benzene rings is 3. The zero-order valence-corrected chi connectivity index (χ0v) is 16.6. The van der Waals surface area contributed by atoms with Gasteiger partial charge < -0.3 is 15.0 Å². The second-order valence-electron chi connectivity index (χ2n) is 6.46. The molecule has 4 rings (SSSR count). The van der Waals surface area contributed by atoms with Gasteiger partial charge in [0.25, 0.3) is 5.91 Å². The second kappa shape index (κ2) is 8.41. The molecule has 1 aromatic heterocycles. The summed E-state index contributed by atoms with van der Waals surface area (Å²) < 4.78 is 18.4. The van der Waals surface area contributed by atoms with E-state index in [1.807, 2.05) is 48.5 Å². The van der Waals surface area contributed by atoms with Gasteiger partial charge in [0.15, 0.2) is 0 Å². The highest BCUT2D eigenvalue weighted by Crippen LogP contribution is 2.37. The van der Waals surface area contributed by atoms with E-state index in [0.29, 0.717) is 18.0 Å². The Kier molecular flexibility index (Phi) is 5.53. The summed E-state index contributed by atoms with van der Waals surface area (Å²) in [7, 11) is 1.61. The molecule has 0 aliphatic heterocycles. The molecule has 0 saturated heterocycles. The van der Waals surface area contributed by atoms with Gasteiger partial charge in [-0.25, -0.2) is 4.39 Å². The molecule has 0 bridgehead atoms. The third-order valence-corrected chi connectivity index (χ3v) is 5.65. The Labute approximate surface area is 172 Å². The van der Waals surface area contributed by atoms with E-state index < -0.39 is 0 Å². The first-order valence-electron chi connectivity index (χ1n) is 9.09. The largest absolute Gasteiger partial charge is 0.497 e. The van der Waals surface area contributed by atoms with E-state index in [-0.39, 0.29) is 11.7 Å². The van der Waals surface area contributed by atoms with E-state index >= 15 is 0 Å². The molecule has 0 unspecified atom stereocenters. The molecule has 1 heterocycles. The molecule has 0 aliphatic rings. The monoisotopic (exact) mass is 406 g/mol. The highest BCUT2D eigenvalue weighted by atomic mass is 32.2. The average molecular weight is 406 g/mol. The minimum Gasteiger partial charge on any atom is -0.497 e. The average Bonchev–Trinajstić information content (AvgIpc) is 3.11. The minimum atomic E-state index is -0.300. The van der Waals surface area contributed by atoms with Crippen LogP contribution in [0.4, 0.5) is 4.39 Å². The number of H-pyrrole nitrogens is 1. The molecule has 0 spiro atoms. The van der Waals surface area contributed by atoms with Crippen LogP contribution in [0.5, 0.6) is 5.75 Å². The van der Waals surface area contributed by atoms with Crippen molar-refractivity contribution in [3.8, 4) is 5.75 Å². The quantitative estimate of drug-likeness (QED) is 0.451. The number of hydrogen-bond acceptors (Lipinski definition) is 3. The third kappa shape index (κ3) is 4.27. The van der Waals surface area contributed by atoms with Gasteiger partial charge in [0.1, 0.15) is 17.3 Å². The molecule has 1 amide bonds. The normalized spacial score (nSPS) is 10.8. The second-order valence-corrected chi connectivity index (χ2v) is 7.55. The topological polar surface area (TPSA) is 54.1 Å². The van der Waals surface area contributed by atoms with Crippen molar-refractivity contribution < 1.29 is 13.9 Å². The van der Waals surface area contributed by atoms with Crippen LogP contribution in [0.2, 0.25) is 0 Å². The predicted molar refractivity (Wildman–Crippen MR) is 113 cm³/mol. The van der Waals surface area contributed by atoms with E-state index in [1.165, 1.54) is 23.9 Å². The van der Waals surface area contributed by atoms with Gasteiger partial charge in [0, 0.05) is 22.9 Å². The maximum atomic E-state index is 13.1. The number of halogens is 1. The maximum absolute atomic E-state index is 13.1. The molecule has 0 fully saturated rings. The minimum absolute atomic E-state index is 0.220. The highest BCUT2D eigenvalue weighted by Gasteiger charge is 2.19. The number of aromatic amines is 1. The fourth-order valence-corrected chi connectivity index (χ4v) is 4.09. The summed E-state index contributed by atoms with van der Waals surface area (Å²) in [6, 6.07) is 21.7. The summed E-state index contributed by atoms with van der Waals surface area (Å²) in [4.78, 5) is 18.1. The predicted octanol–water partition coefficient (Wildman–Crippen LogP) is 5.40. The third-order valence-electron chi connectivity index (χ3n) is 4.51. The Morgan fingerprint density at radius 3 is 2.55 bits per heavy atom. The fourth-order valence-electron chi connectivity index (χ4n) is 3.02. The number of carbonyl (C=O) groups excluding carboxylic acids is 1. The molecular formula is C23H19FN2O2S. The lowest BCUT2D eigenvalue weighted by atomic mass is 10.2. The van der Waals surface area contributed by atoms with Crippen molar-refractivity contribution in [1.29, 1.82) is 0 Å². The smallest absolute Gasteiger partial charge is 0.269 e. The Hall–Kier alpha value is -3.25. The van der Waals surface area contributed by atoms with Crippen molar-refractivity contribution >= 4 is 28.6 Å². The Morgan fingerprint density at radius 1 is 1.07 bits per heavy atom. The molecule has 0 atom stereocenters. The number of amides is 1. The summed E-state index contributed by atoms with van der Waals surface area (Å²) >= 11 is 1.53. The summed E-state index contributed by atoms with van der Waals surface area (Å²) in [6.07, 6.45) is 0. The van der Waals surface area contributed by atoms with Crippen LogP contribution in [0.1, 0.15) is 16.1 Å². The molecule has 2 N–H and O–H groups in total. The van der Waals surface area contributed by atoms with Crippen molar-refractivity contribution in [3.63, 3.8) is 0 Å². The van der Waals surface area contributed by atoms with E-state index in [9.17, 15) is 9.18 Å². The van der Waals surface area contributed by atoms with Crippen LogP contribution >= 0.6 is 11.8 Å². The number of carbonyl (C=O) groups is 1. The van der Waals surface area contributed by atoms with Crippen LogP contribution in [0.3, 0.4) is 0 Å². The molecule has 146 valence electrons. The van der Waals surface area contributed by atoms with Crippen LogP contribution in [0.15, 0.2) is 82.6 Å². The van der Waals surface area contributed by atoms with E-state index in [4.69, 9.17) is 4.74 Å². The van der Waals surface area contributed by atoms with Crippen molar-refractivity contribution in [2.45, 2.75) is 16.3 Å². The number of aromatic nitrogens is 1. The number of methoxy groups -OCH3 is 1. The number of hydrogen-bond donors (Lipinski definition) is 2. The molecule has 29 heavy (non-hydrogen) atoms. The Morgan fingerprint density at radius 2 is 1.83 bits per heavy atom. The first-order valence-corrected chi connectivity index (χ1v) is 9.91. The maximum Gasteiger partial charge on any atom is 0.269 e. The van der Waals surface area contributed by atoms with Crippen LogP contribution < -0.4 is 10.1 Å². The highest BCUT2D eigenvalue weighted by molar-refractivity contribution is 7.99. The Balaban J connectivity index is 1.66. The summed E-state index contributed by atoms with van der Waals surface area (Å²) in [5.41, 5.74) is 2.15. The molecule has 0 saturated carbocycles. The molecule has 6 heteroatoms. The van der Waals surface area contributed by atoms with Gasteiger partial charge in [-0.3, -0.25) is 4.79 Å².